The van der Waals surface area contributed by atoms with Gasteiger partial charge in [-0.1, -0.05) is 18.2 Å². The zero-order chi connectivity index (χ0) is 19.6. The van der Waals surface area contributed by atoms with Crippen LogP contribution < -0.4 is 15.5 Å². The Labute approximate surface area is 155 Å². The predicted octanol–water partition coefficient (Wildman–Crippen LogP) is 1.34. The molecule has 0 saturated carbocycles. The molecule has 0 unspecified atom stereocenters. The van der Waals surface area contributed by atoms with E-state index < -0.39 is 18.5 Å². The Balaban J connectivity index is 1.77. The van der Waals surface area contributed by atoms with E-state index in [0.29, 0.717) is 16.9 Å². The molecular weight excluding hydrogens is 350 g/mol. The first-order valence-electron chi connectivity index (χ1n) is 8.06. The van der Waals surface area contributed by atoms with Gasteiger partial charge in [0.05, 0.1) is 12.8 Å². The molecule has 3 N–H and O–H groups in total. The van der Waals surface area contributed by atoms with Crippen molar-refractivity contribution in [1.82, 2.24) is 10.7 Å². The Bertz CT molecular complexity index is 847. The molecule has 2 amide bonds. The second-order valence-corrected chi connectivity index (χ2v) is 5.54. The SMILES string of the molecule is Cc1ccccc1C(=O)NCC(=O)NN=Cc1ccc(OCC(=O)O)cc1. The predicted molar refractivity (Wildman–Crippen MR) is 98.8 cm³/mol. The Hall–Kier alpha value is -3.68. The number of nitrogens with one attached hydrogen (secondary N) is 2. The van der Waals surface area contributed by atoms with E-state index in [1.54, 1.807) is 36.4 Å². The summed E-state index contributed by atoms with van der Waals surface area (Å²) in [5.74, 6) is -1.44. The third-order valence-corrected chi connectivity index (χ3v) is 3.44. The molecule has 8 nitrogen and oxygen atoms in total. The van der Waals surface area contributed by atoms with Gasteiger partial charge in [0, 0.05) is 5.56 Å². The van der Waals surface area contributed by atoms with Gasteiger partial charge in [-0.3, -0.25) is 9.59 Å². The van der Waals surface area contributed by atoms with Crippen LogP contribution in [0.4, 0.5) is 0 Å². The average molecular weight is 369 g/mol. The van der Waals surface area contributed by atoms with Crippen LogP contribution in [0.15, 0.2) is 53.6 Å². The van der Waals surface area contributed by atoms with E-state index in [9.17, 15) is 14.4 Å². The molecule has 0 saturated heterocycles. The van der Waals surface area contributed by atoms with Crippen molar-refractivity contribution in [2.24, 2.45) is 5.10 Å². The van der Waals surface area contributed by atoms with Gasteiger partial charge in [-0.2, -0.15) is 5.10 Å². The van der Waals surface area contributed by atoms with E-state index in [-0.39, 0.29) is 12.5 Å². The van der Waals surface area contributed by atoms with Gasteiger partial charge < -0.3 is 15.2 Å². The molecule has 0 aliphatic carbocycles. The minimum absolute atomic E-state index is 0.202. The molecule has 0 spiro atoms. The number of aliphatic carboxylic acids is 1. The molecule has 0 aliphatic heterocycles. The number of hydrogen-bond donors (Lipinski definition) is 3. The van der Waals surface area contributed by atoms with Crippen molar-refractivity contribution in [2.75, 3.05) is 13.2 Å². The van der Waals surface area contributed by atoms with Gasteiger partial charge in [0.25, 0.3) is 11.8 Å². The molecule has 0 aromatic heterocycles. The topological polar surface area (TPSA) is 117 Å². The largest absolute Gasteiger partial charge is 0.482 e. The summed E-state index contributed by atoms with van der Waals surface area (Å²) in [5.41, 5.74) is 4.33. The molecule has 0 radical (unpaired) electrons. The monoisotopic (exact) mass is 369 g/mol. The average Bonchev–Trinajstić information content (AvgIpc) is 2.66. The lowest BCUT2D eigenvalue weighted by molar-refractivity contribution is -0.139. The van der Waals surface area contributed by atoms with Crippen LogP contribution in [-0.4, -0.2) is 42.3 Å². The Morgan fingerprint density at radius 3 is 2.48 bits per heavy atom. The van der Waals surface area contributed by atoms with E-state index in [1.807, 2.05) is 19.1 Å². The van der Waals surface area contributed by atoms with Crippen LogP contribution in [0, 0.1) is 6.92 Å². The lowest BCUT2D eigenvalue weighted by atomic mass is 10.1. The molecule has 2 aromatic carbocycles. The van der Waals surface area contributed by atoms with Crippen molar-refractivity contribution in [3.63, 3.8) is 0 Å². The van der Waals surface area contributed by atoms with Crippen LogP contribution in [0.5, 0.6) is 5.75 Å². The zero-order valence-electron chi connectivity index (χ0n) is 14.6. The van der Waals surface area contributed by atoms with Crippen LogP contribution in [0.3, 0.4) is 0 Å². The molecular formula is C19H19N3O5. The van der Waals surface area contributed by atoms with E-state index in [0.717, 1.165) is 5.56 Å². The maximum absolute atomic E-state index is 12.0. The van der Waals surface area contributed by atoms with E-state index >= 15 is 0 Å². The molecule has 0 aliphatic rings. The molecule has 27 heavy (non-hydrogen) atoms. The normalized spacial score (nSPS) is 10.4. The number of carboxylic acids is 1. The summed E-state index contributed by atoms with van der Waals surface area (Å²) >= 11 is 0. The number of hydrazone groups is 1. The van der Waals surface area contributed by atoms with Gasteiger partial charge >= 0.3 is 5.97 Å². The van der Waals surface area contributed by atoms with Crippen molar-refractivity contribution in [3.8, 4) is 5.75 Å². The summed E-state index contributed by atoms with van der Waals surface area (Å²) in [6, 6.07) is 13.6. The van der Waals surface area contributed by atoms with Crippen molar-refractivity contribution >= 4 is 24.0 Å². The van der Waals surface area contributed by atoms with Crippen LogP contribution in [-0.2, 0) is 9.59 Å². The number of carbonyl (C=O) groups is 3. The first-order valence-corrected chi connectivity index (χ1v) is 8.06. The molecule has 0 bridgehead atoms. The Morgan fingerprint density at radius 1 is 1.11 bits per heavy atom. The summed E-state index contributed by atoms with van der Waals surface area (Å²) in [6.45, 7) is 1.20. The highest BCUT2D eigenvalue weighted by atomic mass is 16.5. The smallest absolute Gasteiger partial charge is 0.341 e. The fourth-order valence-electron chi connectivity index (χ4n) is 2.10. The maximum atomic E-state index is 12.0. The molecule has 8 heteroatoms. The number of aryl methyl sites for hydroxylation is 1. The van der Waals surface area contributed by atoms with Crippen LogP contribution >= 0.6 is 0 Å². The highest BCUT2D eigenvalue weighted by Gasteiger charge is 2.09. The first-order chi connectivity index (χ1) is 13.0. The van der Waals surface area contributed by atoms with Gasteiger partial charge in [0.15, 0.2) is 6.61 Å². The molecule has 0 fully saturated rings. The highest BCUT2D eigenvalue weighted by molar-refractivity contribution is 5.97. The molecule has 2 rings (SSSR count). The lowest BCUT2D eigenvalue weighted by Gasteiger charge is -2.06. The van der Waals surface area contributed by atoms with Gasteiger partial charge in [-0.25, -0.2) is 10.2 Å². The van der Waals surface area contributed by atoms with Gasteiger partial charge in [-0.05, 0) is 48.4 Å². The third-order valence-electron chi connectivity index (χ3n) is 3.44. The number of benzene rings is 2. The minimum atomic E-state index is -1.06. The van der Waals surface area contributed by atoms with Gasteiger partial charge in [0.2, 0.25) is 0 Å². The zero-order valence-corrected chi connectivity index (χ0v) is 14.6. The van der Waals surface area contributed by atoms with Crippen molar-refractivity contribution in [2.45, 2.75) is 6.92 Å². The van der Waals surface area contributed by atoms with Gasteiger partial charge in [0.1, 0.15) is 5.75 Å². The van der Waals surface area contributed by atoms with E-state index in [2.05, 4.69) is 15.8 Å². The molecule has 0 heterocycles. The number of amides is 2. The van der Waals surface area contributed by atoms with Gasteiger partial charge in [-0.15, -0.1) is 0 Å². The van der Waals surface area contributed by atoms with Crippen LogP contribution in [0.1, 0.15) is 21.5 Å². The molecule has 2 aromatic rings. The minimum Gasteiger partial charge on any atom is -0.482 e. The number of rotatable bonds is 8. The third kappa shape index (κ3) is 6.62. The van der Waals surface area contributed by atoms with Crippen molar-refractivity contribution in [3.05, 3.63) is 65.2 Å². The number of hydrogen-bond acceptors (Lipinski definition) is 5. The van der Waals surface area contributed by atoms with Crippen molar-refractivity contribution < 1.29 is 24.2 Å². The number of carbonyl (C=O) groups excluding carboxylic acids is 2. The fourth-order valence-corrected chi connectivity index (χ4v) is 2.10. The lowest BCUT2D eigenvalue weighted by Crippen LogP contribution is -2.35. The summed E-state index contributed by atoms with van der Waals surface area (Å²) in [4.78, 5) is 34.2. The summed E-state index contributed by atoms with van der Waals surface area (Å²) < 4.78 is 5.01. The fraction of sp³-hybridized carbons (Fsp3) is 0.158. The number of ether oxygens (including phenoxy) is 1. The summed E-state index contributed by atoms with van der Waals surface area (Å²) in [5, 5.41) is 14.9. The second-order valence-electron chi connectivity index (χ2n) is 5.54. The Kier molecular flexibility index (Phi) is 7.07. The first kappa shape index (κ1) is 19.6. The number of nitrogens with zero attached hydrogens (tertiary/aromatic N) is 1. The summed E-state index contributed by atoms with van der Waals surface area (Å²) in [7, 11) is 0. The number of carboxylic acid groups (broad SMARTS) is 1. The Morgan fingerprint density at radius 2 is 1.81 bits per heavy atom. The van der Waals surface area contributed by atoms with Crippen molar-refractivity contribution in [1.29, 1.82) is 0 Å². The second kappa shape index (κ2) is 9.71. The standard InChI is InChI=1S/C19H19N3O5/c1-13-4-2-3-5-16(13)19(26)20-11-17(23)22-21-10-14-6-8-15(9-7-14)27-12-18(24)25/h2-10H,11-12H2,1H3,(H,20,26)(H,22,23)(H,24,25). The molecule has 0 atom stereocenters. The van der Waals surface area contributed by atoms with Crippen LogP contribution in [0.25, 0.3) is 0 Å². The molecule has 140 valence electrons. The van der Waals surface area contributed by atoms with E-state index in [4.69, 9.17) is 9.84 Å². The maximum Gasteiger partial charge on any atom is 0.341 e. The summed E-state index contributed by atoms with van der Waals surface area (Å²) in [6.07, 6.45) is 1.42. The highest BCUT2D eigenvalue weighted by Crippen LogP contribution is 2.10. The van der Waals surface area contributed by atoms with E-state index in [1.165, 1.54) is 6.21 Å². The quantitative estimate of drug-likeness (QED) is 0.479. The van der Waals surface area contributed by atoms with Crippen LogP contribution in [0.2, 0.25) is 0 Å².